The van der Waals surface area contributed by atoms with E-state index in [1.165, 1.54) is 5.35 Å². The average molecular weight is 162 g/mol. The van der Waals surface area contributed by atoms with Gasteiger partial charge >= 0.3 is 0 Å². The smallest absolute Gasteiger partial charge is 0.0960 e. The Bertz CT molecular complexity index is 384. The molecule has 1 aromatic heterocycles. The van der Waals surface area contributed by atoms with Crippen LogP contribution < -0.4 is 10.7 Å². The number of fused-ring (bicyclic) bond motifs is 1. The van der Waals surface area contributed by atoms with Gasteiger partial charge in [0.25, 0.3) is 0 Å². The lowest BCUT2D eigenvalue weighted by atomic mass is 10.2. The van der Waals surface area contributed by atoms with Crippen LogP contribution in [0, 0.1) is 0 Å². The molecular formula is C10H14N2. The van der Waals surface area contributed by atoms with Gasteiger partial charge in [-0.2, -0.15) is 0 Å². The molecule has 0 amide bonds. The van der Waals surface area contributed by atoms with Gasteiger partial charge in [-0.15, -0.1) is 0 Å². The van der Waals surface area contributed by atoms with E-state index in [2.05, 4.69) is 35.6 Å². The highest BCUT2D eigenvalue weighted by atomic mass is 15.1. The minimum Gasteiger partial charge on any atom is -0.328 e. The van der Waals surface area contributed by atoms with Gasteiger partial charge in [0.2, 0.25) is 0 Å². The second-order valence-electron chi connectivity index (χ2n) is 3.50. The van der Waals surface area contributed by atoms with Gasteiger partial charge in [0, 0.05) is 6.04 Å². The molecule has 2 rings (SSSR count). The molecule has 0 fully saturated rings. The van der Waals surface area contributed by atoms with E-state index >= 15 is 0 Å². The molecule has 0 saturated heterocycles. The predicted octanol–water partition coefficient (Wildman–Crippen LogP) is 0.819. The lowest BCUT2D eigenvalue weighted by molar-refractivity contribution is 0.584. The third kappa shape index (κ3) is 1.07. The molecule has 2 nitrogen and oxygen atoms in total. The summed E-state index contributed by atoms with van der Waals surface area (Å²) >= 11 is 0. The summed E-state index contributed by atoms with van der Waals surface area (Å²) in [7, 11) is 0. The highest BCUT2D eigenvalue weighted by Crippen LogP contribution is 1.99. The number of hydrogen-bond donors (Lipinski definition) is 0. The van der Waals surface area contributed by atoms with Crippen molar-refractivity contribution >= 4 is 12.2 Å². The van der Waals surface area contributed by atoms with E-state index < -0.39 is 0 Å². The van der Waals surface area contributed by atoms with Crippen LogP contribution in [0.3, 0.4) is 0 Å². The number of hydrogen-bond acceptors (Lipinski definition) is 1. The van der Waals surface area contributed by atoms with Crippen LogP contribution in [-0.2, 0) is 0 Å². The molecule has 2 heteroatoms. The number of imidazole rings is 1. The maximum absolute atomic E-state index is 4.35. The molecule has 0 aromatic carbocycles. The summed E-state index contributed by atoms with van der Waals surface area (Å²) in [6, 6.07) is 0.518. The second-order valence-corrected chi connectivity index (χ2v) is 3.50. The van der Waals surface area contributed by atoms with E-state index in [-0.39, 0.29) is 0 Å². The minimum atomic E-state index is 0.518. The second kappa shape index (κ2) is 2.77. The molecule has 0 radical (unpaired) electrons. The summed E-state index contributed by atoms with van der Waals surface area (Å²) in [5, 5.41) is 2.46. The molecule has 1 heterocycles. The van der Waals surface area contributed by atoms with E-state index in [1.54, 1.807) is 0 Å². The summed E-state index contributed by atoms with van der Waals surface area (Å²) in [4.78, 5) is 4.35. The summed E-state index contributed by atoms with van der Waals surface area (Å²) in [5.74, 6) is 0. The molecule has 64 valence electrons. The first-order valence-corrected chi connectivity index (χ1v) is 4.52. The van der Waals surface area contributed by atoms with Crippen molar-refractivity contribution in [3.63, 3.8) is 0 Å². The Balaban J connectivity index is 2.68. The van der Waals surface area contributed by atoms with Crippen molar-refractivity contribution in [2.75, 3.05) is 0 Å². The third-order valence-corrected chi connectivity index (χ3v) is 2.26. The Morgan fingerprint density at radius 2 is 2.08 bits per heavy atom. The van der Waals surface area contributed by atoms with Gasteiger partial charge in [-0.3, -0.25) is 0 Å². The van der Waals surface area contributed by atoms with Crippen molar-refractivity contribution in [2.45, 2.75) is 32.7 Å². The summed E-state index contributed by atoms with van der Waals surface area (Å²) in [6.45, 7) is 4.37. The van der Waals surface area contributed by atoms with Gasteiger partial charge in [-0.05, 0) is 26.7 Å². The molecule has 0 N–H and O–H groups in total. The first-order chi connectivity index (χ1) is 5.79. The third-order valence-electron chi connectivity index (χ3n) is 2.26. The fraction of sp³-hybridized carbons (Fsp3) is 0.500. The van der Waals surface area contributed by atoms with E-state index in [9.17, 15) is 0 Å². The average Bonchev–Trinajstić information content (AvgIpc) is 2.47. The van der Waals surface area contributed by atoms with E-state index in [0.29, 0.717) is 6.04 Å². The van der Waals surface area contributed by atoms with Gasteiger partial charge in [-0.25, -0.2) is 4.98 Å². The highest BCUT2D eigenvalue weighted by molar-refractivity contribution is 5.33. The Hall–Kier alpha value is -1.05. The summed E-state index contributed by atoms with van der Waals surface area (Å²) in [5.41, 5.74) is 0. The maximum Gasteiger partial charge on any atom is 0.0960 e. The Labute approximate surface area is 72.2 Å². The number of aromatic nitrogens is 2. The summed E-state index contributed by atoms with van der Waals surface area (Å²) in [6.07, 6.45) is 8.73. The van der Waals surface area contributed by atoms with E-state index in [0.717, 1.165) is 18.2 Å². The lowest BCUT2D eigenvalue weighted by Gasteiger charge is -2.06. The maximum atomic E-state index is 4.35. The van der Waals surface area contributed by atoms with Crippen LogP contribution in [-0.4, -0.2) is 9.55 Å². The SMILES string of the molecule is CC(C)n1cnc2c1=CCCC=2. The molecule has 0 atom stereocenters. The van der Waals surface area contributed by atoms with Crippen LogP contribution in [0.2, 0.25) is 0 Å². The molecule has 1 aliphatic rings. The van der Waals surface area contributed by atoms with Crippen molar-refractivity contribution in [3.05, 3.63) is 17.0 Å². The van der Waals surface area contributed by atoms with Crippen molar-refractivity contribution in [3.8, 4) is 0 Å². The molecule has 0 aliphatic heterocycles. The standard InChI is InChI=1S/C10H14N2/c1-8(2)12-7-11-9-5-3-4-6-10(9)12/h5-8H,3-4H2,1-2H3. The summed E-state index contributed by atoms with van der Waals surface area (Å²) < 4.78 is 2.23. The van der Waals surface area contributed by atoms with Crippen LogP contribution in [0.4, 0.5) is 0 Å². The molecule has 1 aliphatic carbocycles. The Kier molecular flexibility index (Phi) is 1.75. The normalized spacial score (nSPS) is 15.2. The molecule has 1 aromatic rings. The van der Waals surface area contributed by atoms with Crippen LogP contribution in [0.15, 0.2) is 6.33 Å². The van der Waals surface area contributed by atoms with Crippen LogP contribution >= 0.6 is 0 Å². The van der Waals surface area contributed by atoms with Crippen molar-refractivity contribution < 1.29 is 0 Å². The van der Waals surface area contributed by atoms with Crippen LogP contribution in [0.1, 0.15) is 32.7 Å². The topological polar surface area (TPSA) is 17.8 Å². The van der Waals surface area contributed by atoms with Crippen molar-refractivity contribution in [1.82, 2.24) is 9.55 Å². The fourth-order valence-electron chi connectivity index (χ4n) is 1.60. The Morgan fingerprint density at radius 3 is 2.83 bits per heavy atom. The van der Waals surface area contributed by atoms with E-state index in [4.69, 9.17) is 0 Å². The Morgan fingerprint density at radius 1 is 1.33 bits per heavy atom. The number of rotatable bonds is 1. The lowest BCUT2D eigenvalue weighted by Crippen LogP contribution is -2.32. The zero-order chi connectivity index (χ0) is 8.55. The van der Waals surface area contributed by atoms with Gasteiger partial charge in [0.05, 0.1) is 17.0 Å². The predicted molar refractivity (Wildman–Crippen MR) is 50.0 cm³/mol. The first kappa shape index (κ1) is 7.59. The minimum absolute atomic E-state index is 0.518. The zero-order valence-corrected chi connectivity index (χ0v) is 7.62. The van der Waals surface area contributed by atoms with Gasteiger partial charge in [0.1, 0.15) is 0 Å². The quantitative estimate of drug-likeness (QED) is 0.597. The van der Waals surface area contributed by atoms with E-state index in [1.807, 2.05) is 6.33 Å². The zero-order valence-electron chi connectivity index (χ0n) is 7.62. The van der Waals surface area contributed by atoms with Gasteiger partial charge in [-0.1, -0.05) is 12.2 Å². The molecule has 12 heavy (non-hydrogen) atoms. The van der Waals surface area contributed by atoms with Crippen molar-refractivity contribution in [2.24, 2.45) is 0 Å². The molecule has 0 saturated carbocycles. The number of nitrogens with zero attached hydrogens (tertiary/aromatic N) is 2. The monoisotopic (exact) mass is 162 g/mol. The fourth-order valence-corrected chi connectivity index (χ4v) is 1.60. The van der Waals surface area contributed by atoms with Crippen molar-refractivity contribution in [1.29, 1.82) is 0 Å². The molecule has 0 unspecified atom stereocenters. The van der Waals surface area contributed by atoms with Crippen LogP contribution in [0.25, 0.3) is 12.2 Å². The highest BCUT2D eigenvalue weighted by Gasteiger charge is 2.02. The first-order valence-electron chi connectivity index (χ1n) is 4.52. The molecule has 0 spiro atoms. The molecule has 0 bridgehead atoms. The van der Waals surface area contributed by atoms with Gasteiger partial charge < -0.3 is 4.57 Å². The largest absolute Gasteiger partial charge is 0.328 e. The van der Waals surface area contributed by atoms with Gasteiger partial charge in [0.15, 0.2) is 0 Å². The molecular weight excluding hydrogens is 148 g/mol. The van der Waals surface area contributed by atoms with Crippen LogP contribution in [0.5, 0.6) is 0 Å².